The Hall–Kier alpha value is -1.02. The molecule has 0 aliphatic heterocycles. The summed E-state index contributed by atoms with van der Waals surface area (Å²) in [5.41, 5.74) is 2.38. The normalized spacial score (nSPS) is 9.69. The number of carbonyl (C=O) groups excluding carboxylic acids is 1. The second kappa shape index (κ2) is 4.28. The van der Waals surface area contributed by atoms with Crippen molar-refractivity contribution in [2.45, 2.75) is 18.7 Å². The Morgan fingerprint density at radius 1 is 1.46 bits per heavy atom. The maximum atomic E-state index is 11.1. The van der Waals surface area contributed by atoms with Crippen molar-refractivity contribution in [3.8, 4) is 0 Å². The topological polar surface area (TPSA) is 17.1 Å². The molecule has 0 saturated carbocycles. The molecule has 0 aliphatic rings. The van der Waals surface area contributed by atoms with E-state index in [2.05, 4.69) is 6.58 Å². The van der Waals surface area contributed by atoms with E-state index in [1.807, 2.05) is 32.0 Å². The van der Waals surface area contributed by atoms with E-state index >= 15 is 0 Å². The molecule has 0 amide bonds. The zero-order chi connectivity index (χ0) is 9.84. The summed E-state index contributed by atoms with van der Waals surface area (Å²) in [6.45, 7) is 7.50. The number of thioether (sulfide) groups is 1. The maximum absolute atomic E-state index is 11.1. The summed E-state index contributed by atoms with van der Waals surface area (Å²) in [5.74, 6) is 0. The van der Waals surface area contributed by atoms with Gasteiger partial charge < -0.3 is 0 Å². The average molecular weight is 192 g/mol. The second-order valence-corrected chi connectivity index (χ2v) is 3.87. The standard InChI is InChI=1S/C11H12OS/c1-4-11(12)13-10-7-5-6-8(2)9(10)3/h4-7H,1H2,2-3H3. The molecule has 0 unspecified atom stereocenters. The molecule has 68 valence electrons. The first-order valence-corrected chi connectivity index (χ1v) is 4.87. The van der Waals surface area contributed by atoms with Crippen molar-refractivity contribution in [1.29, 1.82) is 0 Å². The van der Waals surface area contributed by atoms with Crippen LogP contribution in [0.25, 0.3) is 0 Å². The van der Waals surface area contributed by atoms with Crippen LogP contribution in [0.15, 0.2) is 35.7 Å². The maximum Gasteiger partial charge on any atom is 0.216 e. The first-order valence-electron chi connectivity index (χ1n) is 4.05. The smallest absolute Gasteiger partial charge is 0.216 e. The first-order chi connectivity index (χ1) is 6.15. The molecule has 1 rings (SSSR count). The molecule has 0 aliphatic carbocycles. The zero-order valence-corrected chi connectivity index (χ0v) is 8.65. The summed E-state index contributed by atoms with van der Waals surface area (Å²) in [6, 6.07) is 5.95. The van der Waals surface area contributed by atoms with Crippen molar-refractivity contribution in [3.05, 3.63) is 42.0 Å². The number of carbonyl (C=O) groups is 1. The van der Waals surface area contributed by atoms with Crippen LogP contribution in [0, 0.1) is 13.8 Å². The molecule has 0 saturated heterocycles. The van der Waals surface area contributed by atoms with Gasteiger partial charge in [-0.2, -0.15) is 0 Å². The van der Waals surface area contributed by atoms with Crippen molar-refractivity contribution in [1.82, 2.24) is 0 Å². The van der Waals surface area contributed by atoms with Crippen molar-refractivity contribution in [2.75, 3.05) is 0 Å². The highest BCUT2D eigenvalue weighted by Crippen LogP contribution is 2.24. The highest BCUT2D eigenvalue weighted by Gasteiger charge is 2.04. The molecule has 2 heteroatoms. The number of aryl methyl sites for hydroxylation is 1. The molecule has 1 aromatic rings. The van der Waals surface area contributed by atoms with E-state index in [1.165, 1.54) is 29.0 Å². The Kier molecular flexibility index (Phi) is 3.32. The number of hydrogen-bond donors (Lipinski definition) is 0. The van der Waals surface area contributed by atoms with Crippen molar-refractivity contribution in [3.63, 3.8) is 0 Å². The number of hydrogen-bond acceptors (Lipinski definition) is 2. The van der Waals surface area contributed by atoms with Gasteiger partial charge in [0.25, 0.3) is 0 Å². The molecule has 0 radical (unpaired) electrons. The number of benzene rings is 1. The third-order valence-corrected chi connectivity index (χ3v) is 2.96. The zero-order valence-electron chi connectivity index (χ0n) is 7.83. The largest absolute Gasteiger partial charge is 0.282 e. The minimum Gasteiger partial charge on any atom is -0.282 e. The molecular weight excluding hydrogens is 180 g/mol. The molecule has 13 heavy (non-hydrogen) atoms. The average Bonchev–Trinajstić information content (AvgIpc) is 2.13. The third-order valence-electron chi connectivity index (χ3n) is 1.93. The molecule has 0 N–H and O–H groups in total. The lowest BCUT2D eigenvalue weighted by atomic mass is 10.1. The van der Waals surface area contributed by atoms with Crippen LogP contribution in [0.2, 0.25) is 0 Å². The van der Waals surface area contributed by atoms with E-state index in [0.717, 1.165) is 4.90 Å². The van der Waals surface area contributed by atoms with Crippen LogP contribution in [0.4, 0.5) is 0 Å². The minimum atomic E-state index is -0.00583. The van der Waals surface area contributed by atoms with E-state index in [1.54, 1.807) is 0 Å². The number of rotatable bonds is 2. The fourth-order valence-electron chi connectivity index (χ4n) is 0.985. The monoisotopic (exact) mass is 192 g/mol. The van der Waals surface area contributed by atoms with E-state index in [0.29, 0.717) is 0 Å². The Bertz CT molecular complexity index is 342. The molecular formula is C11H12OS. The molecule has 1 aromatic carbocycles. The lowest BCUT2D eigenvalue weighted by Crippen LogP contribution is -1.88. The van der Waals surface area contributed by atoms with Gasteiger partial charge in [-0.05, 0) is 48.9 Å². The van der Waals surface area contributed by atoms with Crippen LogP contribution >= 0.6 is 11.8 Å². The Labute approximate surface area is 82.9 Å². The van der Waals surface area contributed by atoms with Crippen LogP contribution in [0.1, 0.15) is 11.1 Å². The summed E-state index contributed by atoms with van der Waals surface area (Å²) in [6.07, 6.45) is 1.34. The lowest BCUT2D eigenvalue weighted by molar-refractivity contribution is -0.107. The summed E-state index contributed by atoms with van der Waals surface area (Å²) < 4.78 is 0. The molecule has 0 atom stereocenters. The fourth-order valence-corrected chi connectivity index (χ4v) is 1.75. The van der Waals surface area contributed by atoms with Gasteiger partial charge in [0.1, 0.15) is 0 Å². The highest BCUT2D eigenvalue weighted by molar-refractivity contribution is 8.14. The molecule has 0 fully saturated rings. The van der Waals surface area contributed by atoms with Gasteiger partial charge in [0.05, 0.1) is 0 Å². The SMILES string of the molecule is C=CC(=O)Sc1cccc(C)c1C. The van der Waals surface area contributed by atoms with Gasteiger partial charge >= 0.3 is 0 Å². The molecule has 0 spiro atoms. The quantitative estimate of drug-likeness (QED) is 0.529. The van der Waals surface area contributed by atoms with E-state index in [4.69, 9.17) is 0 Å². The molecule has 1 nitrogen and oxygen atoms in total. The third kappa shape index (κ3) is 2.46. The predicted molar refractivity (Wildman–Crippen MR) is 57.0 cm³/mol. The molecule has 0 bridgehead atoms. The van der Waals surface area contributed by atoms with Crippen LogP contribution < -0.4 is 0 Å². The van der Waals surface area contributed by atoms with Crippen molar-refractivity contribution < 1.29 is 4.79 Å². The molecule has 0 heterocycles. The Morgan fingerprint density at radius 3 is 2.77 bits per heavy atom. The summed E-state index contributed by atoms with van der Waals surface area (Å²) >= 11 is 1.23. The summed E-state index contributed by atoms with van der Waals surface area (Å²) in [5, 5.41) is -0.00583. The van der Waals surface area contributed by atoms with E-state index in [9.17, 15) is 4.79 Å². The van der Waals surface area contributed by atoms with Crippen LogP contribution in [0.3, 0.4) is 0 Å². The predicted octanol–water partition coefficient (Wildman–Crippen LogP) is 3.11. The summed E-state index contributed by atoms with van der Waals surface area (Å²) in [7, 11) is 0. The van der Waals surface area contributed by atoms with Crippen molar-refractivity contribution >= 4 is 16.9 Å². The van der Waals surface area contributed by atoms with Gasteiger partial charge in [-0.15, -0.1) is 0 Å². The Balaban J connectivity index is 2.95. The minimum absolute atomic E-state index is 0.00583. The van der Waals surface area contributed by atoms with Gasteiger partial charge in [-0.3, -0.25) is 4.79 Å². The Morgan fingerprint density at radius 2 is 2.15 bits per heavy atom. The van der Waals surface area contributed by atoms with E-state index < -0.39 is 0 Å². The van der Waals surface area contributed by atoms with Gasteiger partial charge in [-0.1, -0.05) is 18.7 Å². The van der Waals surface area contributed by atoms with Crippen LogP contribution in [-0.2, 0) is 4.79 Å². The van der Waals surface area contributed by atoms with Crippen LogP contribution in [0.5, 0.6) is 0 Å². The van der Waals surface area contributed by atoms with E-state index in [-0.39, 0.29) is 5.12 Å². The van der Waals surface area contributed by atoms with Gasteiger partial charge in [0.15, 0.2) is 0 Å². The highest BCUT2D eigenvalue weighted by atomic mass is 32.2. The van der Waals surface area contributed by atoms with Crippen LogP contribution in [-0.4, -0.2) is 5.12 Å². The van der Waals surface area contributed by atoms with Crippen molar-refractivity contribution in [2.24, 2.45) is 0 Å². The fraction of sp³-hybridized carbons (Fsp3) is 0.182. The first kappa shape index (κ1) is 10.1. The second-order valence-electron chi connectivity index (χ2n) is 2.82. The van der Waals surface area contributed by atoms with Gasteiger partial charge in [0.2, 0.25) is 5.12 Å². The lowest BCUT2D eigenvalue weighted by Gasteiger charge is -2.04. The van der Waals surface area contributed by atoms with Gasteiger partial charge in [0, 0.05) is 4.90 Å². The summed E-state index contributed by atoms with van der Waals surface area (Å²) in [4.78, 5) is 12.1. The molecule has 0 aromatic heterocycles. The van der Waals surface area contributed by atoms with Gasteiger partial charge in [-0.25, -0.2) is 0 Å².